The number of hydrogen-bond donors (Lipinski definition) is 1. The summed E-state index contributed by atoms with van der Waals surface area (Å²) in [5.41, 5.74) is 2.35. The minimum atomic E-state index is -0.955. The maximum Gasteiger partial charge on any atom is 0.259 e. The lowest BCUT2D eigenvalue weighted by Gasteiger charge is -2.35. The first kappa shape index (κ1) is 21.2. The van der Waals surface area contributed by atoms with Gasteiger partial charge in [-0.15, -0.1) is 0 Å². The van der Waals surface area contributed by atoms with Crippen molar-refractivity contribution in [3.8, 4) is 0 Å². The fraction of sp³-hybridized carbons (Fsp3) is 0.417. The van der Waals surface area contributed by atoms with E-state index >= 15 is 0 Å². The summed E-state index contributed by atoms with van der Waals surface area (Å²) in [5, 5.41) is 7.34. The fourth-order valence-electron chi connectivity index (χ4n) is 3.97. The Labute approximate surface area is 182 Å². The number of oxime groups is 1. The van der Waals surface area contributed by atoms with E-state index < -0.39 is 5.60 Å². The molecule has 1 N–H and O–H groups in total. The smallest absolute Gasteiger partial charge is 0.259 e. The van der Waals surface area contributed by atoms with Crippen LogP contribution in [0.4, 0.5) is 5.82 Å². The van der Waals surface area contributed by atoms with Crippen molar-refractivity contribution in [1.82, 2.24) is 10.3 Å². The van der Waals surface area contributed by atoms with E-state index in [1.165, 1.54) is 0 Å². The van der Waals surface area contributed by atoms with Crippen LogP contribution in [-0.2, 0) is 9.63 Å². The minimum absolute atomic E-state index is 0.0314. The quantitative estimate of drug-likeness (QED) is 0.821. The van der Waals surface area contributed by atoms with E-state index in [4.69, 9.17) is 9.82 Å². The van der Waals surface area contributed by atoms with Crippen LogP contribution in [0.1, 0.15) is 53.9 Å². The van der Waals surface area contributed by atoms with Gasteiger partial charge in [0.05, 0.1) is 6.04 Å². The topological polar surface area (TPSA) is 83.9 Å². The number of hydrogen-bond acceptors (Lipinski definition) is 6. The zero-order chi connectivity index (χ0) is 22.2. The first-order valence-corrected chi connectivity index (χ1v) is 10.7. The number of aromatic nitrogens is 1. The van der Waals surface area contributed by atoms with Crippen LogP contribution in [0.5, 0.6) is 0 Å². The van der Waals surface area contributed by atoms with E-state index in [2.05, 4.69) is 10.5 Å². The lowest BCUT2D eigenvalue weighted by Crippen LogP contribution is -2.49. The molecule has 1 aromatic carbocycles. The number of rotatable bonds is 4. The predicted octanol–water partition coefficient (Wildman–Crippen LogP) is 3.18. The molecule has 7 nitrogen and oxygen atoms in total. The highest BCUT2D eigenvalue weighted by molar-refractivity contribution is 6.49. The summed E-state index contributed by atoms with van der Waals surface area (Å²) in [6, 6.07) is 11.0. The molecule has 2 aromatic rings. The first-order chi connectivity index (χ1) is 14.8. The molecule has 162 valence electrons. The van der Waals surface area contributed by atoms with Gasteiger partial charge < -0.3 is 10.2 Å². The molecule has 0 bridgehead atoms. The molecule has 7 heteroatoms. The normalized spacial score (nSPS) is 20.2. The van der Waals surface area contributed by atoms with Crippen LogP contribution in [0.15, 0.2) is 41.6 Å². The SMILES string of the molecule is Cc1ccc(C)c(N(C(=O)c2ccc(C3=NOC(C)(C)C3=O)cc2)C2CCCNC2)n1. The molecule has 31 heavy (non-hydrogen) atoms. The Kier molecular flexibility index (Phi) is 5.62. The second kappa shape index (κ2) is 8.23. The van der Waals surface area contributed by atoms with E-state index in [9.17, 15) is 9.59 Å². The van der Waals surface area contributed by atoms with Crippen LogP contribution >= 0.6 is 0 Å². The van der Waals surface area contributed by atoms with Crippen molar-refractivity contribution in [3.05, 3.63) is 58.8 Å². The predicted molar refractivity (Wildman–Crippen MR) is 120 cm³/mol. The van der Waals surface area contributed by atoms with E-state index in [0.29, 0.717) is 16.9 Å². The molecule has 1 unspecified atom stereocenters. The average Bonchev–Trinajstić information content (AvgIpc) is 3.04. The number of benzene rings is 1. The van der Waals surface area contributed by atoms with Crippen LogP contribution in [0.3, 0.4) is 0 Å². The molecule has 3 heterocycles. The van der Waals surface area contributed by atoms with E-state index in [1.807, 2.05) is 30.9 Å². The largest absolute Gasteiger partial charge is 0.381 e. The number of Topliss-reactive ketones (excluding diaryl/α,β-unsaturated/α-hetero) is 1. The number of carbonyl (C=O) groups excluding carboxylic acids is 2. The van der Waals surface area contributed by atoms with Crippen LogP contribution in [0.2, 0.25) is 0 Å². The van der Waals surface area contributed by atoms with Gasteiger partial charge in [0, 0.05) is 23.4 Å². The van der Waals surface area contributed by atoms with Crippen molar-refractivity contribution < 1.29 is 14.4 Å². The molecule has 0 radical (unpaired) electrons. The summed E-state index contributed by atoms with van der Waals surface area (Å²) in [5.74, 6) is 0.437. The Morgan fingerprint density at radius 1 is 1.16 bits per heavy atom. The minimum Gasteiger partial charge on any atom is -0.381 e. The van der Waals surface area contributed by atoms with Gasteiger partial charge in [-0.05, 0) is 70.8 Å². The maximum absolute atomic E-state index is 13.6. The summed E-state index contributed by atoms with van der Waals surface area (Å²) in [6.45, 7) is 8.99. The van der Waals surface area contributed by atoms with Crippen LogP contribution < -0.4 is 10.2 Å². The first-order valence-electron chi connectivity index (χ1n) is 10.7. The zero-order valence-corrected chi connectivity index (χ0v) is 18.4. The van der Waals surface area contributed by atoms with Gasteiger partial charge in [0.15, 0.2) is 11.3 Å². The van der Waals surface area contributed by atoms with Crippen molar-refractivity contribution in [2.75, 3.05) is 18.0 Å². The average molecular weight is 421 g/mol. The number of amides is 1. The molecule has 0 saturated carbocycles. The number of carbonyl (C=O) groups is 2. The zero-order valence-electron chi connectivity index (χ0n) is 18.4. The molecular weight excluding hydrogens is 392 g/mol. The molecule has 2 aliphatic heterocycles. The molecule has 2 aliphatic rings. The van der Waals surface area contributed by atoms with Gasteiger partial charge in [-0.25, -0.2) is 4.98 Å². The Hall–Kier alpha value is -3.06. The molecule has 1 fully saturated rings. The summed E-state index contributed by atoms with van der Waals surface area (Å²) < 4.78 is 0. The number of ketones is 1. The van der Waals surface area contributed by atoms with E-state index in [1.54, 1.807) is 38.1 Å². The number of anilines is 1. The number of pyridine rings is 1. The Bertz CT molecular complexity index is 1040. The molecule has 1 aromatic heterocycles. The van der Waals surface area contributed by atoms with Gasteiger partial charge in [-0.1, -0.05) is 23.4 Å². The third-order valence-corrected chi connectivity index (χ3v) is 5.82. The van der Waals surface area contributed by atoms with Crippen LogP contribution in [-0.4, -0.2) is 47.1 Å². The summed E-state index contributed by atoms with van der Waals surface area (Å²) in [7, 11) is 0. The molecule has 1 amide bonds. The Morgan fingerprint density at radius 2 is 1.90 bits per heavy atom. The molecule has 1 saturated heterocycles. The van der Waals surface area contributed by atoms with Crippen LogP contribution in [0.25, 0.3) is 0 Å². The summed E-state index contributed by atoms with van der Waals surface area (Å²) in [4.78, 5) is 37.9. The van der Waals surface area contributed by atoms with E-state index in [0.717, 1.165) is 37.2 Å². The van der Waals surface area contributed by atoms with Crippen molar-refractivity contribution >= 4 is 23.2 Å². The highest BCUT2D eigenvalue weighted by atomic mass is 16.7. The number of nitrogens with one attached hydrogen (secondary N) is 1. The monoisotopic (exact) mass is 420 g/mol. The highest BCUT2D eigenvalue weighted by Gasteiger charge is 2.40. The molecular formula is C24H28N4O3. The fourth-order valence-corrected chi connectivity index (χ4v) is 3.97. The van der Waals surface area contributed by atoms with Crippen LogP contribution in [0, 0.1) is 13.8 Å². The van der Waals surface area contributed by atoms with Crippen molar-refractivity contribution in [1.29, 1.82) is 0 Å². The van der Waals surface area contributed by atoms with Gasteiger partial charge >= 0.3 is 0 Å². The molecule has 4 rings (SSSR count). The third-order valence-electron chi connectivity index (χ3n) is 5.82. The van der Waals surface area contributed by atoms with Crippen molar-refractivity contribution in [2.45, 2.75) is 52.2 Å². The molecule has 0 spiro atoms. The molecule has 1 atom stereocenters. The summed E-state index contributed by atoms with van der Waals surface area (Å²) >= 11 is 0. The van der Waals surface area contributed by atoms with E-state index in [-0.39, 0.29) is 23.4 Å². The van der Waals surface area contributed by atoms with Crippen molar-refractivity contribution in [3.63, 3.8) is 0 Å². The van der Waals surface area contributed by atoms with Gasteiger partial charge in [0.2, 0.25) is 5.78 Å². The number of aryl methyl sites for hydroxylation is 2. The maximum atomic E-state index is 13.6. The second-order valence-electron chi connectivity index (χ2n) is 8.72. The van der Waals surface area contributed by atoms with Gasteiger partial charge in [-0.2, -0.15) is 0 Å². The molecule has 0 aliphatic carbocycles. The third kappa shape index (κ3) is 4.10. The second-order valence-corrected chi connectivity index (χ2v) is 8.72. The standard InChI is InChI=1S/C24H28N4O3/c1-15-7-8-16(2)26-22(15)28(19-6-5-13-25-14-19)23(30)18-11-9-17(10-12-18)20-21(29)24(3,4)31-27-20/h7-12,19,25H,5-6,13-14H2,1-4H3. The van der Waals surface area contributed by atoms with Gasteiger partial charge in [-0.3, -0.25) is 14.5 Å². The lowest BCUT2D eigenvalue weighted by atomic mass is 9.95. The Balaban J connectivity index is 1.66. The lowest BCUT2D eigenvalue weighted by molar-refractivity contribution is -0.128. The Morgan fingerprint density at radius 3 is 2.52 bits per heavy atom. The summed E-state index contributed by atoms with van der Waals surface area (Å²) in [6.07, 6.45) is 1.93. The van der Waals surface area contributed by atoms with Gasteiger partial charge in [0.1, 0.15) is 5.82 Å². The number of piperidine rings is 1. The number of nitrogens with zero attached hydrogens (tertiary/aromatic N) is 3. The van der Waals surface area contributed by atoms with Crippen molar-refractivity contribution in [2.24, 2.45) is 5.16 Å². The van der Waals surface area contributed by atoms with Gasteiger partial charge in [0.25, 0.3) is 5.91 Å². The highest BCUT2D eigenvalue weighted by Crippen LogP contribution is 2.27.